The van der Waals surface area contributed by atoms with Crippen molar-refractivity contribution >= 4 is 0 Å². The highest BCUT2D eigenvalue weighted by Crippen LogP contribution is 2.27. The average Bonchev–Trinajstić information content (AvgIpc) is 2.71. The number of rotatable bonds is 3. The molecule has 0 radical (unpaired) electrons. The Labute approximate surface area is 62.9 Å². The minimum absolute atomic E-state index is 0.804. The van der Waals surface area contributed by atoms with Gasteiger partial charge in [-0.15, -0.1) is 0 Å². The molecule has 0 unspecified atom stereocenters. The summed E-state index contributed by atoms with van der Waals surface area (Å²) in [4.78, 5) is 2.31. The third-order valence-electron chi connectivity index (χ3n) is 2.00. The molecule has 1 N–H and O–H groups in total. The van der Waals surface area contributed by atoms with Gasteiger partial charge in [0.15, 0.2) is 0 Å². The third kappa shape index (κ3) is 1.43. The highest BCUT2D eigenvalue weighted by atomic mass is 15.2. The highest BCUT2D eigenvalue weighted by Gasteiger charge is 2.26. The minimum atomic E-state index is 0.804. The normalized spacial score (nSPS) is 18.9. The van der Waals surface area contributed by atoms with Crippen LogP contribution in [-0.4, -0.2) is 25.0 Å². The van der Waals surface area contributed by atoms with E-state index in [2.05, 4.69) is 30.3 Å². The van der Waals surface area contributed by atoms with E-state index in [1.807, 2.05) is 7.05 Å². The van der Waals surface area contributed by atoms with Gasteiger partial charge in [0, 0.05) is 20.1 Å². The van der Waals surface area contributed by atoms with Crippen LogP contribution in [0.5, 0.6) is 0 Å². The zero-order valence-electron chi connectivity index (χ0n) is 7.02. The van der Waals surface area contributed by atoms with Crippen molar-refractivity contribution in [1.82, 2.24) is 10.2 Å². The molecule has 1 fully saturated rings. The smallest absolute Gasteiger partial charge is 0.0966 e. The Hall–Kier alpha value is -0.660. The van der Waals surface area contributed by atoms with Gasteiger partial charge in [-0.3, -0.25) is 0 Å². The maximum absolute atomic E-state index is 3.16. The zero-order chi connectivity index (χ0) is 7.56. The van der Waals surface area contributed by atoms with Gasteiger partial charge >= 0.3 is 0 Å². The maximum Gasteiger partial charge on any atom is 0.0966 e. The van der Waals surface area contributed by atoms with E-state index in [-0.39, 0.29) is 0 Å². The van der Waals surface area contributed by atoms with Crippen LogP contribution in [0.1, 0.15) is 19.8 Å². The van der Waals surface area contributed by atoms with Crippen LogP contribution in [-0.2, 0) is 0 Å². The van der Waals surface area contributed by atoms with E-state index in [4.69, 9.17) is 0 Å². The molecule has 0 aromatic rings. The molecule has 0 spiro atoms. The Bertz CT molecular complexity index is 136. The molecule has 0 atom stereocenters. The molecule has 1 aliphatic carbocycles. The molecule has 1 saturated carbocycles. The first-order valence-electron chi connectivity index (χ1n) is 3.86. The Balaban J connectivity index is 2.43. The molecule has 58 valence electrons. The lowest BCUT2D eigenvalue weighted by Crippen LogP contribution is -2.27. The van der Waals surface area contributed by atoms with Crippen LogP contribution in [0, 0.1) is 0 Å². The van der Waals surface area contributed by atoms with Crippen molar-refractivity contribution in [3.63, 3.8) is 0 Å². The van der Waals surface area contributed by atoms with E-state index in [1.54, 1.807) is 0 Å². The molecule has 0 saturated heterocycles. The van der Waals surface area contributed by atoms with Gasteiger partial charge in [-0.1, -0.05) is 0 Å². The number of hydrogen-bond donors (Lipinski definition) is 1. The second-order valence-electron chi connectivity index (χ2n) is 2.77. The van der Waals surface area contributed by atoms with Crippen LogP contribution in [0.15, 0.2) is 11.9 Å². The molecule has 2 heteroatoms. The third-order valence-corrected chi connectivity index (χ3v) is 2.00. The number of nitrogens with zero attached hydrogens (tertiary/aromatic N) is 1. The summed E-state index contributed by atoms with van der Waals surface area (Å²) in [7, 11) is 4.11. The highest BCUT2D eigenvalue weighted by molar-refractivity contribution is 5.01. The van der Waals surface area contributed by atoms with Crippen molar-refractivity contribution in [1.29, 1.82) is 0 Å². The van der Waals surface area contributed by atoms with Crippen LogP contribution in [0.4, 0.5) is 0 Å². The summed E-state index contributed by atoms with van der Waals surface area (Å²) in [6.07, 6.45) is 4.82. The second kappa shape index (κ2) is 2.95. The van der Waals surface area contributed by atoms with Crippen LogP contribution < -0.4 is 5.32 Å². The first-order valence-corrected chi connectivity index (χ1v) is 3.86. The van der Waals surface area contributed by atoms with Crippen LogP contribution in [0.2, 0.25) is 0 Å². The molecule has 10 heavy (non-hydrogen) atoms. The van der Waals surface area contributed by atoms with Crippen molar-refractivity contribution < 1.29 is 0 Å². The van der Waals surface area contributed by atoms with Gasteiger partial charge in [-0.25, -0.2) is 0 Å². The number of hydrogen-bond acceptors (Lipinski definition) is 2. The number of nitrogens with one attached hydrogen (secondary N) is 1. The molecule has 0 bridgehead atoms. The van der Waals surface area contributed by atoms with Crippen molar-refractivity contribution in [2.75, 3.05) is 14.1 Å². The first kappa shape index (κ1) is 7.45. The van der Waals surface area contributed by atoms with Crippen molar-refractivity contribution in [3.8, 4) is 0 Å². The Morgan fingerprint density at radius 2 is 2.20 bits per heavy atom. The van der Waals surface area contributed by atoms with E-state index >= 15 is 0 Å². The quantitative estimate of drug-likeness (QED) is 0.633. The van der Waals surface area contributed by atoms with Gasteiger partial charge in [-0.2, -0.15) is 0 Å². The van der Waals surface area contributed by atoms with Gasteiger partial charge < -0.3 is 10.2 Å². The molecular formula is C8H16N2. The van der Waals surface area contributed by atoms with Crippen LogP contribution >= 0.6 is 0 Å². The van der Waals surface area contributed by atoms with Gasteiger partial charge in [0.05, 0.1) is 5.82 Å². The molecule has 0 aliphatic heterocycles. The predicted molar refractivity (Wildman–Crippen MR) is 43.6 cm³/mol. The van der Waals surface area contributed by atoms with E-state index in [9.17, 15) is 0 Å². The van der Waals surface area contributed by atoms with Crippen LogP contribution in [0.3, 0.4) is 0 Å². The lowest BCUT2D eigenvalue weighted by atomic mass is 10.5. The summed E-state index contributed by atoms with van der Waals surface area (Å²) in [5.41, 5.74) is 0. The maximum atomic E-state index is 3.16. The fourth-order valence-electron chi connectivity index (χ4n) is 1.18. The fraction of sp³-hybridized carbons (Fsp3) is 0.750. The Kier molecular flexibility index (Phi) is 2.20. The fourth-order valence-corrected chi connectivity index (χ4v) is 1.18. The minimum Gasteiger partial charge on any atom is -0.375 e. The van der Waals surface area contributed by atoms with Gasteiger partial charge in [0.2, 0.25) is 0 Å². The van der Waals surface area contributed by atoms with E-state index in [0.29, 0.717) is 0 Å². The lowest BCUT2D eigenvalue weighted by molar-refractivity contribution is 0.382. The largest absolute Gasteiger partial charge is 0.375 e. The van der Waals surface area contributed by atoms with Crippen molar-refractivity contribution in [2.24, 2.45) is 0 Å². The Morgan fingerprint density at radius 1 is 1.60 bits per heavy atom. The molecule has 0 aromatic heterocycles. The number of allylic oxidation sites excluding steroid dienone is 1. The summed E-state index contributed by atoms with van der Waals surface area (Å²) in [5, 5.41) is 3.16. The van der Waals surface area contributed by atoms with Crippen molar-refractivity contribution in [3.05, 3.63) is 11.9 Å². The molecule has 0 amide bonds. The molecule has 2 nitrogen and oxygen atoms in total. The van der Waals surface area contributed by atoms with E-state index in [1.165, 1.54) is 18.7 Å². The average molecular weight is 140 g/mol. The molecular weight excluding hydrogens is 124 g/mol. The standard InChI is InChI=1S/C8H16N2/c1-4-8(9-2)10(3)7-5-6-7/h4,7,9H,5-6H2,1-3H3/b8-4+. The van der Waals surface area contributed by atoms with Crippen LogP contribution in [0.25, 0.3) is 0 Å². The van der Waals surface area contributed by atoms with Gasteiger partial charge in [-0.05, 0) is 25.8 Å². The van der Waals surface area contributed by atoms with Gasteiger partial charge in [0.1, 0.15) is 0 Å². The summed E-state index contributed by atoms with van der Waals surface area (Å²) in [5.74, 6) is 1.24. The van der Waals surface area contributed by atoms with Crippen molar-refractivity contribution in [2.45, 2.75) is 25.8 Å². The molecule has 1 rings (SSSR count). The summed E-state index contributed by atoms with van der Waals surface area (Å²) >= 11 is 0. The first-order chi connectivity index (χ1) is 4.79. The molecule has 0 heterocycles. The second-order valence-corrected chi connectivity index (χ2v) is 2.77. The Morgan fingerprint density at radius 3 is 2.50 bits per heavy atom. The van der Waals surface area contributed by atoms with Gasteiger partial charge in [0.25, 0.3) is 0 Å². The monoisotopic (exact) mass is 140 g/mol. The predicted octanol–water partition coefficient (Wildman–Crippen LogP) is 1.16. The summed E-state index contributed by atoms with van der Waals surface area (Å²) < 4.78 is 0. The summed E-state index contributed by atoms with van der Waals surface area (Å²) in [6.45, 7) is 2.06. The van der Waals surface area contributed by atoms with E-state index in [0.717, 1.165) is 6.04 Å². The molecule has 1 aliphatic rings. The zero-order valence-corrected chi connectivity index (χ0v) is 7.02. The molecule has 0 aromatic carbocycles. The SMILES string of the molecule is C/C=C(\NC)N(C)C1CC1. The topological polar surface area (TPSA) is 15.3 Å². The lowest BCUT2D eigenvalue weighted by Gasteiger charge is -2.21. The summed E-state index contributed by atoms with van der Waals surface area (Å²) in [6, 6.07) is 0.804. The van der Waals surface area contributed by atoms with E-state index < -0.39 is 0 Å².